The molecule has 1 aromatic heterocycles. The summed E-state index contributed by atoms with van der Waals surface area (Å²) in [5.74, 6) is -0.365. The molecule has 19 heavy (non-hydrogen) atoms. The van der Waals surface area contributed by atoms with Crippen LogP contribution in [0.3, 0.4) is 0 Å². The largest absolute Gasteiger partial charge is 0.466 e. The third kappa shape index (κ3) is 3.91. The van der Waals surface area contributed by atoms with Crippen LogP contribution in [0.4, 0.5) is 0 Å². The Morgan fingerprint density at radius 1 is 1.32 bits per heavy atom. The van der Waals surface area contributed by atoms with Gasteiger partial charge in [0.05, 0.1) is 12.5 Å². The summed E-state index contributed by atoms with van der Waals surface area (Å²) >= 11 is 5.02. The predicted molar refractivity (Wildman–Crippen MR) is 81.5 cm³/mol. The first-order chi connectivity index (χ1) is 9.20. The maximum atomic E-state index is 12.1. The lowest BCUT2D eigenvalue weighted by Gasteiger charge is -2.14. The third-order valence-corrected chi connectivity index (χ3v) is 4.10. The Hall–Kier alpha value is -1.13. The van der Waals surface area contributed by atoms with E-state index < -0.39 is 0 Å². The van der Waals surface area contributed by atoms with Crippen LogP contribution in [-0.4, -0.2) is 12.6 Å². The number of benzene rings is 1. The fourth-order valence-corrected chi connectivity index (χ4v) is 2.89. The summed E-state index contributed by atoms with van der Waals surface area (Å²) in [6.07, 6.45) is 0.669. The lowest BCUT2D eigenvalue weighted by molar-refractivity contribution is -0.144. The minimum Gasteiger partial charge on any atom is -0.466 e. The summed E-state index contributed by atoms with van der Waals surface area (Å²) < 4.78 is 6.22. The summed E-state index contributed by atoms with van der Waals surface area (Å²) in [6.45, 7) is 2.25. The Bertz CT molecular complexity index is 520. The van der Waals surface area contributed by atoms with Crippen molar-refractivity contribution in [3.05, 3.63) is 56.7 Å². The molecule has 0 radical (unpaired) electrons. The Kier molecular flexibility index (Phi) is 5.16. The van der Waals surface area contributed by atoms with E-state index in [4.69, 9.17) is 4.74 Å². The molecule has 0 bridgehead atoms. The van der Waals surface area contributed by atoms with Crippen LogP contribution in [0.15, 0.2) is 45.6 Å². The van der Waals surface area contributed by atoms with Gasteiger partial charge in [0, 0.05) is 4.47 Å². The Morgan fingerprint density at radius 3 is 2.63 bits per heavy atom. The van der Waals surface area contributed by atoms with E-state index in [1.807, 2.05) is 48.0 Å². The highest BCUT2D eigenvalue weighted by molar-refractivity contribution is 9.10. The molecule has 0 fully saturated rings. The zero-order chi connectivity index (χ0) is 13.7. The maximum absolute atomic E-state index is 12.1. The number of halogens is 1. The van der Waals surface area contributed by atoms with E-state index in [0.717, 1.165) is 15.6 Å². The van der Waals surface area contributed by atoms with Crippen molar-refractivity contribution in [1.82, 2.24) is 0 Å². The van der Waals surface area contributed by atoms with Gasteiger partial charge in [-0.15, -0.1) is 0 Å². The maximum Gasteiger partial charge on any atom is 0.313 e. The van der Waals surface area contributed by atoms with Crippen LogP contribution in [-0.2, 0) is 16.0 Å². The van der Waals surface area contributed by atoms with E-state index in [-0.39, 0.29) is 11.9 Å². The van der Waals surface area contributed by atoms with Gasteiger partial charge in [-0.05, 0) is 53.4 Å². The minimum absolute atomic E-state index is 0.149. The van der Waals surface area contributed by atoms with Gasteiger partial charge in [-0.2, -0.15) is 11.3 Å². The Morgan fingerprint density at radius 2 is 2.05 bits per heavy atom. The van der Waals surface area contributed by atoms with Gasteiger partial charge in [0.1, 0.15) is 0 Å². The molecular weight excluding hydrogens is 324 g/mol. The number of thiophene rings is 1. The second-order valence-electron chi connectivity index (χ2n) is 4.19. The highest BCUT2D eigenvalue weighted by atomic mass is 79.9. The standard InChI is InChI=1S/C15H15BrO2S/c1-2-18-15(17)14(12-7-8-19-10-12)9-11-3-5-13(16)6-4-11/h3-8,10,14H,2,9H2,1H3. The quantitative estimate of drug-likeness (QED) is 0.755. The summed E-state index contributed by atoms with van der Waals surface area (Å²) in [4.78, 5) is 12.1. The molecule has 0 amide bonds. The van der Waals surface area contributed by atoms with Gasteiger partial charge in [-0.3, -0.25) is 4.79 Å². The van der Waals surface area contributed by atoms with E-state index in [0.29, 0.717) is 13.0 Å². The van der Waals surface area contributed by atoms with Crippen molar-refractivity contribution in [1.29, 1.82) is 0 Å². The molecule has 0 aliphatic rings. The molecule has 0 N–H and O–H groups in total. The molecule has 0 spiro atoms. The molecule has 4 heteroatoms. The molecule has 1 heterocycles. The summed E-state index contributed by atoms with van der Waals surface area (Å²) in [5, 5.41) is 4.00. The molecule has 100 valence electrons. The average molecular weight is 339 g/mol. The van der Waals surface area contributed by atoms with Crippen molar-refractivity contribution in [3.63, 3.8) is 0 Å². The van der Waals surface area contributed by atoms with E-state index in [1.165, 1.54) is 0 Å². The Balaban J connectivity index is 2.18. The molecule has 0 aliphatic heterocycles. The molecule has 2 aromatic rings. The fraction of sp³-hybridized carbons (Fsp3) is 0.267. The number of carbonyl (C=O) groups excluding carboxylic acids is 1. The first kappa shape index (κ1) is 14.3. The van der Waals surface area contributed by atoms with Crippen molar-refractivity contribution < 1.29 is 9.53 Å². The lowest BCUT2D eigenvalue weighted by atomic mass is 9.94. The second kappa shape index (κ2) is 6.87. The zero-order valence-corrected chi connectivity index (χ0v) is 13.0. The van der Waals surface area contributed by atoms with E-state index in [9.17, 15) is 4.79 Å². The van der Waals surface area contributed by atoms with Crippen LogP contribution in [0, 0.1) is 0 Å². The first-order valence-corrected chi connectivity index (χ1v) is 7.87. The van der Waals surface area contributed by atoms with Crippen molar-refractivity contribution in [3.8, 4) is 0 Å². The smallest absolute Gasteiger partial charge is 0.313 e. The van der Waals surface area contributed by atoms with Gasteiger partial charge in [0.2, 0.25) is 0 Å². The van der Waals surface area contributed by atoms with Gasteiger partial charge in [-0.25, -0.2) is 0 Å². The monoisotopic (exact) mass is 338 g/mol. The lowest BCUT2D eigenvalue weighted by Crippen LogP contribution is -2.17. The molecule has 0 saturated heterocycles. The van der Waals surface area contributed by atoms with Crippen LogP contribution in [0.5, 0.6) is 0 Å². The first-order valence-electron chi connectivity index (χ1n) is 6.14. The summed E-state index contributed by atoms with van der Waals surface area (Å²) in [6, 6.07) is 10.0. The van der Waals surface area contributed by atoms with Gasteiger partial charge in [-0.1, -0.05) is 28.1 Å². The third-order valence-electron chi connectivity index (χ3n) is 2.87. The normalized spacial score (nSPS) is 12.1. The van der Waals surface area contributed by atoms with Crippen molar-refractivity contribution >= 4 is 33.2 Å². The van der Waals surface area contributed by atoms with Crippen LogP contribution < -0.4 is 0 Å². The van der Waals surface area contributed by atoms with Crippen LogP contribution in [0.2, 0.25) is 0 Å². The zero-order valence-electron chi connectivity index (χ0n) is 10.6. The highest BCUT2D eigenvalue weighted by Gasteiger charge is 2.22. The topological polar surface area (TPSA) is 26.3 Å². The molecule has 1 aromatic carbocycles. The molecular formula is C15H15BrO2S. The number of ether oxygens (including phenoxy) is 1. The number of esters is 1. The molecule has 0 saturated carbocycles. The van der Waals surface area contributed by atoms with Gasteiger partial charge in [0.15, 0.2) is 0 Å². The second-order valence-corrected chi connectivity index (χ2v) is 5.89. The van der Waals surface area contributed by atoms with Crippen LogP contribution in [0.25, 0.3) is 0 Å². The number of hydrogen-bond donors (Lipinski definition) is 0. The molecule has 0 aliphatic carbocycles. The van der Waals surface area contributed by atoms with Crippen LogP contribution >= 0.6 is 27.3 Å². The van der Waals surface area contributed by atoms with Gasteiger partial charge >= 0.3 is 5.97 Å². The van der Waals surface area contributed by atoms with E-state index in [1.54, 1.807) is 11.3 Å². The van der Waals surface area contributed by atoms with Crippen molar-refractivity contribution in [2.45, 2.75) is 19.3 Å². The van der Waals surface area contributed by atoms with E-state index >= 15 is 0 Å². The number of hydrogen-bond acceptors (Lipinski definition) is 3. The summed E-state index contributed by atoms with van der Waals surface area (Å²) in [7, 11) is 0. The molecule has 2 rings (SSSR count). The minimum atomic E-state index is -0.215. The molecule has 1 atom stereocenters. The Labute approximate surface area is 125 Å². The SMILES string of the molecule is CCOC(=O)C(Cc1ccc(Br)cc1)c1ccsc1. The van der Waals surface area contributed by atoms with Crippen molar-refractivity contribution in [2.75, 3.05) is 6.61 Å². The molecule has 2 nitrogen and oxygen atoms in total. The van der Waals surface area contributed by atoms with Gasteiger partial charge in [0.25, 0.3) is 0 Å². The van der Waals surface area contributed by atoms with Crippen LogP contribution in [0.1, 0.15) is 24.0 Å². The average Bonchev–Trinajstić information content (AvgIpc) is 2.92. The van der Waals surface area contributed by atoms with Gasteiger partial charge < -0.3 is 4.74 Å². The number of rotatable bonds is 5. The predicted octanol–water partition coefficient (Wildman–Crippen LogP) is 4.40. The fourth-order valence-electron chi connectivity index (χ4n) is 1.91. The van der Waals surface area contributed by atoms with E-state index in [2.05, 4.69) is 15.9 Å². The summed E-state index contributed by atoms with van der Waals surface area (Å²) in [5.41, 5.74) is 2.17. The van der Waals surface area contributed by atoms with Crippen molar-refractivity contribution in [2.24, 2.45) is 0 Å². The number of carbonyl (C=O) groups is 1. The molecule has 1 unspecified atom stereocenters. The highest BCUT2D eigenvalue weighted by Crippen LogP contribution is 2.25.